The molecule has 0 aliphatic rings. The van der Waals surface area contributed by atoms with Gasteiger partial charge in [0.2, 0.25) is 5.16 Å². The SMILES string of the molecule is Cc1cnc(Sc2nnnn2CC(=O)O)nc1. The van der Waals surface area contributed by atoms with E-state index >= 15 is 0 Å². The van der Waals surface area contributed by atoms with E-state index in [0.717, 1.165) is 17.3 Å². The number of aromatic nitrogens is 6. The number of tetrazole rings is 1. The van der Waals surface area contributed by atoms with Crippen LogP contribution in [0.25, 0.3) is 0 Å². The Morgan fingerprint density at radius 2 is 2.18 bits per heavy atom. The van der Waals surface area contributed by atoms with Crippen LogP contribution in [0.15, 0.2) is 22.7 Å². The van der Waals surface area contributed by atoms with Gasteiger partial charge >= 0.3 is 5.97 Å². The largest absolute Gasteiger partial charge is 0.480 e. The average Bonchev–Trinajstić information content (AvgIpc) is 2.68. The van der Waals surface area contributed by atoms with Crippen molar-refractivity contribution in [3.8, 4) is 0 Å². The molecule has 2 aromatic heterocycles. The minimum Gasteiger partial charge on any atom is -0.480 e. The first kappa shape index (κ1) is 11.5. The number of aryl methyl sites for hydroxylation is 1. The zero-order valence-electron chi connectivity index (χ0n) is 8.81. The van der Waals surface area contributed by atoms with Gasteiger partial charge in [0.15, 0.2) is 5.16 Å². The molecule has 0 atom stereocenters. The lowest BCUT2D eigenvalue weighted by Crippen LogP contribution is -2.11. The van der Waals surface area contributed by atoms with Gasteiger partial charge in [-0.05, 0) is 34.7 Å². The summed E-state index contributed by atoms with van der Waals surface area (Å²) in [7, 11) is 0. The fourth-order valence-corrected chi connectivity index (χ4v) is 1.67. The second-order valence-electron chi connectivity index (χ2n) is 3.16. The number of aliphatic carboxylic acids is 1. The van der Waals surface area contributed by atoms with Crippen molar-refractivity contribution in [2.75, 3.05) is 0 Å². The van der Waals surface area contributed by atoms with Gasteiger partial charge in [0, 0.05) is 12.4 Å². The van der Waals surface area contributed by atoms with E-state index in [1.54, 1.807) is 12.4 Å². The van der Waals surface area contributed by atoms with E-state index < -0.39 is 5.97 Å². The summed E-state index contributed by atoms with van der Waals surface area (Å²) in [6.07, 6.45) is 3.33. The summed E-state index contributed by atoms with van der Waals surface area (Å²) in [6.45, 7) is 1.59. The standard InChI is InChI=1S/C8H8N6O2S/c1-5-2-9-7(10-3-5)17-8-11-12-13-14(8)4-6(15)16/h2-3H,4H2,1H3,(H,15,16). The number of hydrogen-bond acceptors (Lipinski definition) is 7. The Kier molecular flexibility index (Phi) is 3.28. The van der Waals surface area contributed by atoms with Gasteiger partial charge in [-0.25, -0.2) is 14.6 Å². The minimum atomic E-state index is -1.01. The lowest BCUT2D eigenvalue weighted by atomic mass is 10.4. The number of carboxylic acids is 1. The maximum Gasteiger partial charge on any atom is 0.325 e. The van der Waals surface area contributed by atoms with Crippen molar-refractivity contribution < 1.29 is 9.90 Å². The highest BCUT2D eigenvalue weighted by molar-refractivity contribution is 7.99. The molecule has 9 heteroatoms. The lowest BCUT2D eigenvalue weighted by molar-refractivity contribution is -0.138. The van der Waals surface area contributed by atoms with Crippen molar-refractivity contribution >= 4 is 17.7 Å². The molecule has 0 aromatic carbocycles. The van der Waals surface area contributed by atoms with E-state index in [1.807, 2.05) is 6.92 Å². The highest BCUT2D eigenvalue weighted by atomic mass is 32.2. The monoisotopic (exact) mass is 252 g/mol. The molecule has 2 rings (SSSR count). The Labute approximate surface area is 100 Å². The molecule has 0 aliphatic heterocycles. The van der Waals surface area contributed by atoms with Crippen LogP contribution in [0.5, 0.6) is 0 Å². The highest BCUT2D eigenvalue weighted by Crippen LogP contribution is 2.20. The van der Waals surface area contributed by atoms with Crippen LogP contribution in [0.3, 0.4) is 0 Å². The van der Waals surface area contributed by atoms with Crippen LogP contribution in [0, 0.1) is 6.92 Å². The van der Waals surface area contributed by atoms with E-state index in [0.29, 0.717) is 10.3 Å². The molecule has 0 unspecified atom stereocenters. The average molecular weight is 252 g/mol. The first-order valence-electron chi connectivity index (χ1n) is 4.59. The Hall–Kier alpha value is -2.03. The summed E-state index contributed by atoms with van der Waals surface area (Å²) in [5, 5.41) is 20.2. The van der Waals surface area contributed by atoms with Gasteiger partial charge < -0.3 is 5.11 Å². The third-order valence-corrected chi connectivity index (χ3v) is 2.59. The van der Waals surface area contributed by atoms with Crippen LogP contribution in [0.2, 0.25) is 0 Å². The number of hydrogen-bond donors (Lipinski definition) is 1. The molecular weight excluding hydrogens is 244 g/mol. The Balaban J connectivity index is 2.15. The first-order valence-corrected chi connectivity index (χ1v) is 5.41. The van der Waals surface area contributed by atoms with Gasteiger partial charge in [0.25, 0.3) is 0 Å². The smallest absolute Gasteiger partial charge is 0.325 e. The molecule has 0 amide bonds. The molecule has 1 N–H and O–H groups in total. The number of carboxylic acid groups (broad SMARTS) is 1. The molecule has 17 heavy (non-hydrogen) atoms. The van der Waals surface area contributed by atoms with Crippen LogP contribution >= 0.6 is 11.8 Å². The molecule has 2 heterocycles. The summed E-state index contributed by atoms with van der Waals surface area (Å²) < 4.78 is 1.18. The zero-order valence-corrected chi connectivity index (χ0v) is 9.63. The molecule has 0 fully saturated rings. The van der Waals surface area contributed by atoms with Gasteiger partial charge in [-0.3, -0.25) is 4.79 Å². The van der Waals surface area contributed by atoms with E-state index in [9.17, 15) is 4.79 Å². The predicted molar refractivity (Wildman–Crippen MR) is 56.3 cm³/mol. The summed E-state index contributed by atoms with van der Waals surface area (Å²) in [5.74, 6) is -1.01. The second-order valence-corrected chi connectivity index (χ2v) is 4.09. The predicted octanol–water partition coefficient (Wildman–Crippen LogP) is 0.00732. The highest BCUT2D eigenvalue weighted by Gasteiger charge is 2.12. The molecule has 0 spiro atoms. The summed E-state index contributed by atoms with van der Waals surface area (Å²) in [5.41, 5.74) is 0.944. The first-order chi connectivity index (χ1) is 8.15. The van der Waals surface area contributed by atoms with Crippen molar-refractivity contribution in [3.63, 3.8) is 0 Å². The van der Waals surface area contributed by atoms with Crippen molar-refractivity contribution in [3.05, 3.63) is 18.0 Å². The van der Waals surface area contributed by atoms with Gasteiger partial charge in [-0.1, -0.05) is 0 Å². The molecule has 0 radical (unpaired) electrons. The number of nitrogens with zero attached hydrogens (tertiary/aromatic N) is 6. The summed E-state index contributed by atoms with van der Waals surface area (Å²) >= 11 is 1.11. The maximum absolute atomic E-state index is 10.6. The fraction of sp³-hybridized carbons (Fsp3) is 0.250. The molecule has 0 bridgehead atoms. The van der Waals surface area contributed by atoms with E-state index in [-0.39, 0.29) is 6.54 Å². The number of rotatable bonds is 4. The normalized spacial score (nSPS) is 10.4. The Bertz CT molecular complexity index is 525. The second kappa shape index (κ2) is 4.87. The summed E-state index contributed by atoms with van der Waals surface area (Å²) in [4.78, 5) is 18.7. The fourth-order valence-electron chi connectivity index (χ4n) is 1.01. The number of carbonyl (C=O) groups is 1. The molecule has 88 valence electrons. The molecule has 0 saturated heterocycles. The van der Waals surface area contributed by atoms with Crippen LogP contribution in [-0.4, -0.2) is 41.3 Å². The molecular formula is C8H8N6O2S. The minimum absolute atomic E-state index is 0.290. The Morgan fingerprint density at radius 3 is 2.82 bits per heavy atom. The van der Waals surface area contributed by atoms with Crippen molar-refractivity contribution in [1.82, 2.24) is 30.2 Å². The maximum atomic E-state index is 10.6. The van der Waals surface area contributed by atoms with Crippen LogP contribution < -0.4 is 0 Å². The van der Waals surface area contributed by atoms with E-state index in [2.05, 4.69) is 25.5 Å². The third-order valence-electron chi connectivity index (χ3n) is 1.72. The topological polar surface area (TPSA) is 107 Å². The van der Waals surface area contributed by atoms with Crippen LogP contribution in [0.1, 0.15) is 5.56 Å². The van der Waals surface area contributed by atoms with Crippen molar-refractivity contribution in [2.24, 2.45) is 0 Å². The summed E-state index contributed by atoms with van der Waals surface area (Å²) in [6, 6.07) is 0. The lowest BCUT2D eigenvalue weighted by Gasteiger charge is -2.00. The Morgan fingerprint density at radius 1 is 1.47 bits per heavy atom. The van der Waals surface area contributed by atoms with Gasteiger partial charge in [0.05, 0.1) is 0 Å². The van der Waals surface area contributed by atoms with Crippen LogP contribution in [0.4, 0.5) is 0 Å². The molecule has 0 saturated carbocycles. The quantitative estimate of drug-likeness (QED) is 0.758. The van der Waals surface area contributed by atoms with Gasteiger partial charge in [-0.2, -0.15) is 0 Å². The van der Waals surface area contributed by atoms with Gasteiger partial charge in [-0.15, -0.1) is 5.10 Å². The molecule has 2 aromatic rings. The van der Waals surface area contributed by atoms with Gasteiger partial charge in [0.1, 0.15) is 6.54 Å². The van der Waals surface area contributed by atoms with Crippen LogP contribution in [-0.2, 0) is 11.3 Å². The van der Waals surface area contributed by atoms with Crippen molar-refractivity contribution in [2.45, 2.75) is 23.8 Å². The molecule has 0 aliphatic carbocycles. The molecule has 8 nitrogen and oxygen atoms in total. The third kappa shape index (κ3) is 2.97. The van der Waals surface area contributed by atoms with E-state index in [1.165, 1.54) is 4.68 Å². The zero-order chi connectivity index (χ0) is 12.3. The van der Waals surface area contributed by atoms with Crippen molar-refractivity contribution in [1.29, 1.82) is 0 Å². The van der Waals surface area contributed by atoms with E-state index in [4.69, 9.17) is 5.11 Å².